The summed E-state index contributed by atoms with van der Waals surface area (Å²) in [6.07, 6.45) is 2.68. The van der Waals surface area contributed by atoms with Crippen LogP contribution in [0.3, 0.4) is 0 Å². The van der Waals surface area contributed by atoms with Crippen LogP contribution in [0.1, 0.15) is 10.5 Å². The molecule has 0 radical (unpaired) electrons. The van der Waals surface area contributed by atoms with Crippen molar-refractivity contribution in [1.82, 2.24) is 9.97 Å². The molecule has 0 unspecified atom stereocenters. The van der Waals surface area contributed by atoms with Gasteiger partial charge < -0.3 is 10.6 Å². The number of nitrogens with one attached hydrogen (secondary N) is 2. The molecule has 0 aliphatic heterocycles. The van der Waals surface area contributed by atoms with Crippen molar-refractivity contribution in [2.45, 2.75) is 0 Å². The van der Waals surface area contributed by atoms with Crippen LogP contribution in [0.5, 0.6) is 0 Å². The van der Waals surface area contributed by atoms with Crippen LogP contribution in [0.2, 0.25) is 10.0 Å². The lowest BCUT2D eigenvalue weighted by atomic mass is 10.3. The van der Waals surface area contributed by atoms with Gasteiger partial charge in [0.15, 0.2) is 0 Å². The molecule has 0 spiro atoms. The van der Waals surface area contributed by atoms with Gasteiger partial charge >= 0.3 is 0 Å². The number of benzene rings is 2. The van der Waals surface area contributed by atoms with Crippen molar-refractivity contribution in [2.24, 2.45) is 0 Å². The second-order valence-electron chi connectivity index (χ2n) is 5.00. The summed E-state index contributed by atoms with van der Waals surface area (Å²) in [7, 11) is 0. The van der Waals surface area contributed by atoms with Crippen LogP contribution >= 0.6 is 23.2 Å². The summed E-state index contributed by atoms with van der Waals surface area (Å²) in [5, 5.41) is 6.31. The Balaban J connectivity index is 1.71. The average molecular weight is 377 g/mol. The third kappa shape index (κ3) is 4.43. The van der Waals surface area contributed by atoms with Crippen molar-refractivity contribution in [3.8, 4) is 0 Å². The van der Waals surface area contributed by atoms with E-state index in [9.17, 15) is 9.18 Å². The first-order valence-corrected chi connectivity index (χ1v) is 7.88. The van der Waals surface area contributed by atoms with E-state index in [1.165, 1.54) is 30.6 Å². The first-order chi connectivity index (χ1) is 12.0. The molecule has 0 saturated heterocycles. The molecule has 5 nitrogen and oxygen atoms in total. The van der Waals surface area contributed by atoms with Crippen LogP contribution in [0, 0.1) is 5.82 Å². The van der Waals surface area contributed by atoms with Gasteiger partial charge in [-0.05, 0) is 36.4 Å². The molecule has 2 aromatic carbocycles. The van der Waals surface area contributed by atoms with E-state index in [0.29, 0.717) is 27.2 Å². The fourth-order valence-electron chi connectivity index (χ4n) is 2.00. The molecule has 1 amide bonds. The predicted molar refractivity (Wildman–Crippen MR) is 96.1 cm³/mol. The highest BCUT2D eigenvalue weighted by Crippen LogP contribution is 2.25. The van der Waals surface area contributed by atoms with E-state index in [1.807, 2.05) is 0 Å². The molecule has 1 aromatic heterocycles. The molecule has 126 valence electrons. The van der Waals surface area contributed by atoms with Crippen LogP contribution < -0.4 is 10.6 Å². The number of hydrogen-bond donors (Lipinski definition) is 2. The van der Waals surface area contributed by atoms with Gasteiger partial charge in [0, 0.05) is 10.7 Å². The van der Waals surface area contributed by atoms with E-state index in [1.54, 1.807) is 24.3 Å². The normalized spacial score (nSPS) is 10.4. The lowest BCUT2D eigenvalue weighted by molar-refractivity contribution is 0.102. The maximum absolute atomic E-state index is 13.2. The first-order valence-electron chi connectivity index (χ1n) is 7.12. The zero-order valence-corrected chi connectivity index (χ0v) is 14.1. The molecular weight excluding hydrogens is 366 g/mol. The molecular formula is C17H11Cl2FN4O. The third-order valence-electron chi connectivity index (χ3n) is 3.16. The summed E-state index contributed by atoms with van der Waals surface area (Å²) in [6.45, 7) is 0. The summed E-state index contributed by atoms with van der Waals surface area (Å²) in [5.41, 5.74) is 1.00. The first kappa shape index (κ1) is 17.1. The Morgan fingerprint density at radius 3 is 2.60 bits per heavy atom. The molecule has 3 rings (SSSR count). The molecule has 0 bridgehead atoms. The largest absolute Gasteiger partial charge is 0.339 e. The molecule has 2 N–H and O–H groups in total. The van der Waals surface area contributed by atoms with Crippen LogP contribution in [0.25, 0.3) is 0 Å². The third-order valence-corrected chi connectivity index (χ3v) is 3.72. The van der Waals surface area contributed by atoms with Gasteiger partial charge in [-0.3, -0.25) is 4.79 Å². The Kier molecular flexibility index (Phi) is 5.11. The summed E-state index contributed by atoms with van der Waals surface area (Å²) in [4.78, 5) is 20.3. The van der Waals surface area contributed by atoms with E-state index < -0.39 is 5.91 Å². The van der Waals surface area contributed by atoms with Gasteiger partial charge in [-0.1, -0.05) is 29.3 Å². The molecule has 0 saturated carbocycles. The van der Waals surface area contributed by atoms with Crippen molar-refractivity contribution in [2.75, 3.05) is 10.6 Å². The number of carbonyl (C=O) groups excluding carboxylic acids is 1. The fraction of sp³-hybridized carbons (Fsp3) is 0. The number of nitrogens with zero attached hydrogens (tertiary/aromatic N) is 2. The van der Waals surface area contributed by atoms with E-state index in [0.717, 1.165) is 0 Å². The van der Waals surface area contributed by atoms with Gasteiger partial charge in [0.1, 0.15) is 17.3 Å². The van der Waals surface area contributed by atoms with Crippen molar-refractivity contribution in [3.05, 3.63) is 76.4 Å². The van der Waals surface area contributed by atoms with Gasteiger partial charge in [0.05, 0.1) is 23.1 Å². The highest BCUT2D eigenvalue weighted by atomic mass is 35.5. The monoisotopic (exact) mass is 376 g/mol. The zero-order valence-electron chi connectivity index (χ0n) is 12.6. The Morgan fingerprint density at radius 2 is 1.88 bits per heavy atom. The summed E-state index contributed by atoms with van der Waals surface area (Å²) >= 11 is 11.9. The summed E-state index contributed by atoms with van der Waals surface area (Å²) < 4.78 is 13.2. The number of aromatic nitrogens is 2. The highest BCUT2D eigenvalue weighted by molar-refractivity contribution is 6.35. The fourth-order valence-corrected chi connectivity index (χ4v) is 2.34. The Bertz CT molecular complexity index is 919. The average Bonchev–Trinajstić information content (AvgIpc) is 2.59. The van der Waals surface area contributed by atoms with Gasteiger partial charge in [-0.15, -0.1) is 0 Å². The van der Waals surface area contributed by atoms with Crippen LogP contribution in [0.4, 0.5) is 21.6 Å². The Labute approximate surface area is 152 Å². The molecule has 3 aromatic rings. The number of carbonyl (C=O) groups is 1. The van der Waals surface area contributed by atoms with E-state index in [4.69, 9.17) is 23.2 Å². The highest BCUT2D eigenvalue weighted by Gasteiger charge is 2.11. The molecule has 0 atom stereocenters. The standard InChI is InChI=1S/C17H11Cl2FN4O/c18-10-4-5-13(19)14(6-10)24-17(25)15-8-22-16(9-21-15)23-12-3-1-2-11(20)7-12/h1-9H,(H,22,23)(H,24,25). The van der Waals surface area contributed by atoms with Crippen molar-refractivity contribution in [1.29, 1.82) is 0 Å². The van der Waals surface area contributed by atoms with E-state index >= 15 is 0 Å². The molecule has 0 fully saturated rings. The molecule has 1 heterocycles. The second kappa shape index (κ2) is 7.46. The lowest BCUT2D eigenvalue weighted by Gasteiger charge is -2.08. The van der Waals surface area contributed by atoms with Gasteiger partial charge in [-0.2, -0.15) is 0 Å². The van der Waals surface area contributed by atoms with Crippen LogP contribution in [0.15, 0.2) is 54.9 Å². The molecule has 0 aliphatic rings. The van der Waals surface area contributed by atoms with E-state index in [2.05, 4.69) is 20.6 Å². The van der Waals surface area contributed by atoms with Gasteiger partial charge in [0.2, 0.25) is 0 Å². The number of hydrogen-bond acceptors (Lipinski definition) is 4. The SMILES string of the molecule is O=C(Nc1cc(Cl)ccc1Cl)c1cnc(Nc2cccc(F)c2)cn1. The number of anilines is 3. The lowest BCUT2D eigenvalue weighted by Crippen LogP contribution is -2.14. The second-order valence-corrected chi connectivity index (χ2v) is 5.84. The van der Waals surface area contributed by atoms with E-state index in [-0.39, 0.29) is 11.5 Å². The molecule has 0 aliphatic carbocycles. The molecule has 25 heavy (non-hydrogen) atoms. The Morgan fingerprint density at radius 1 is 1.04 bits per heavy atom. The quantitative estimate of drug-likeness (QED) is 0.678. The Hall–Kier alpha value is -2.70. The maximum Gasteiger partial charge on any atom is 0.275 e. The number of halogens is 3. The molecule has 8 heteroatoms. The topological polar surface area (TPSA) is 66.9 Å². The van der Waals surface area contributed by atoms with Gasteiger partial charge in [-0.25, -0.2) is 14.4 Å². The van der Waals surface area contributed by atoms with Crippen LogP contribution in [-0.2, 0) is 0 Å². The minimum atomic E-state index is -0.478. The van der Waals surface area contributed by atoms with Crippen LogP contribution in [-0.4, -0.2) is 15.9 Å². The maximum atomic E-state index is 13.2. The predicted octanol–water partition coefficient (Wildman–Crippen LogP) is 4.92. The number of amides is 1. The minimum Gasteiger partial charge on any atom is -0.339 e. The van der Waals surface area contributed by atoms with Crippen molar-refractivity contribution >= 4 is 46.3 Å². The summed E-state index contributed by atoms with van der Waals surface area (Å²) in [6, 6.07) is 10.7. The van der Waals surface area contributed by atoms with Crippen molar-refractivity contribution < 1.29 is 9.18 Å². The number of rotatable bonds is 4. The van der Waals surface area contributed by atoms with Crippen molar-refractivity contribution in [3.63, 3.8) is 0 Å². The van der Waals surface area contributed by atoms with Gasteiger partial charge in [0.25, 0.3) is 5.91 Å². The summed E-state index contributed by atoms with van der Waals surface area (Å²) in [5.74, 6) is -0.468. The minimum absolute atomic E-state index is 0.0980. The smallest absolute Gasteiger partial charge is 0.275 e. The zero-order chi connectivity index (χ0) is 17.8.